The minimum absolute atomic E-state index is 0.164. The number of carbonyl (C=O) groups excluding carboxylic acids is 1. The molecular weight excluding hydrogens is 318 g/mol. The van der Waals surface area contributed by atoms with Crippen LogP contribution >= 0.6 is 11.8 Å². The number of carbonyl (C=O) groups is 1. The summed E-state index contributed by atoms with van der Waals surface area (Å²) in [5.41, 5.74) is -0.738. The van der Waals surface area contributed by atoms with Crippen LogP contribution in [0.4, 0.5) is 8.78 Å². The molecule has 1 amide bonds. The molecule has 0 spiro atoms. The quantitative estimate of drug-likeness (QED) is 0.775. The molecule has 0 heterocycles. The summed E-state index contributed by atoms with van der Waals surface area (Å²) in [6.07, 6.45) is 4.35. The summed E-state index contributed by atoms with van der Waals surface area (Å²) in [5, 5.41) is 9.08. The van der Waals surface area contributed by atoms with Gasteiger partial charge in [0.1, 0.15) is 5.54 Å². The van der Waals surface area contributed by atoms with Crippen molar-refractivity contribution in [1.82, 2.24) is 4.90 Å². The first-order valence-electron chi connectivity index (χ1n) is 7.70. The van der Waals surface area contributed by atoms with E-state index < -0.39 is 22.4 Å². The highest BCUT2D eigenvalue weighted by Crippen LogP contribution is 2.34. The number of hydrogen-bond acceptors (Lipinski definition) is 3. The molecule has 1 fully saturated rings. The van der Waals surface area contributed by atoms with Gasteiger partial charge in [0.2, 0.25) is 5.91 Å². The van der Waals surface area contributed by atoms with Crippen molar-refractivity contribution in [2.24, 2.45) is 0 Å². The Balaban J connectivity index is 2.09. The molecule has 23 heavy (non-hydrogen) atoms. The maximum Gasteiger partial charge on any atom is 0.236 e. The smallest absolute Gasteiger partial charge is 0.236 e. The van der Waals surface area contributed by atoms with Crippen molar-refractivity contribution in [2.75, 3.05) is 7.05 Å². The summed E-state index contributed by atoms with van der Waals surface area (Å²) in [6.45, 7) is 1.72. The topological polar surface area (TPSA) is 44.1 Å². The number of nitrogens with zero attached hydrogens (tertiary/aromatic N) is 2. The van der Waals surface area contributed by atoms with Gasteiger partial charge in [0, 0.05) is 11.9 Å². The van der Waals surface area contributed by atoms with Gasteiger partial charge in [-0.3, -0.25) is 4.79 Å². The van der Waals surface area contributed by atoms with Crippen LogP contribution in [0.1, 0.15) is 39.0 Å². The lowest BCUT2D eigenvalue weighted by atomic mass is 9.81. The fourth-order valence-corrected chi connectivity index (χ4v) is 3.93. The van der Waals surface area contributed by atoms with E-state index in [0.29, 0.717) is 17.7 Å². The van der Waals surface area contributed by atoms with Crippen LogP contribution in [-0.4, -0.2) is 28.6 Å². The highest BCUT2D eigenvalue weighted by molar-refractivity contribution is 8.00. The average molecular weight is 338 g/mol. The normalized spacial score (nSPS) is 18.0. The highest BCUT2D eigenvalue weighted by Gasteiger charge is 2.40. The molecule has 0 saturated heterocycles. The summed E-state index contributed by atoms with van der Waals surface area (Å²) in [4.78, 5) is 14.7. The van der Waals surface area contributed by atoms with Gasteiger partial charge in [-0.1, -0.05) is 19.3 Å². The summed E-state index contributed by atoms with van der Waals surface area (Å²) >= 11 is 1.17. The van der Waals surface area contributed by atoms with E-state index in [1.54, 1.807) is 18.9 Å². The van der Waals surface area contributed by atoms with Gasteiger partial charge in [-0.2, -0.15) is 5.26 Å². The lowest BCUT2D eigenvalue weighted by molar-refractivity contribution is -0.133. The Morgan fingerprint density at radius 2 is 1.96 bits per heavy atom. The molecule has 124 valence electrons. The fourth-order valence-electron chi connectivity index (χ4n) is 2.95. The molecule has 1 aromatic rings. The Bertz CT molecular complexity index is 624. The SMILES string of the molecule is C[C@H](Sc1ccc(F)c(F)c1)C(=O)N(C)C1(C#N)CCCCC1. The second-order valence-corrected chi connectivity index (χ2v) is 7.35. The number of hydrogen-bond donors (Lipinski definition) is 0. The Morgan fingerprint density at radius 3 is 2.52 bits per heavy atom. The molecule has 1 aliphatic carbocycles. The van der Waals surface area contributed by atoms with E-state index in [0.717, 1.165) is 31.4 Å². The van der Waals surface area contributed by atoms with Crippen molar-refractivity contribution in [3.05, 3.63) is 29.8 Å². The van der Waals surface area contributed by atoms with E-state index in [9.17, 15) is 18.8 Å². The molecule has 2 rings (SSSR count). The van der Waals surface area contributed by atoms with Crippen molar-refractivity contribution < 1.29 is 13.6 Å². The highest BCUT2D eigenvalue weighted by atomic mass is 32.2. The van der Waals surface area contributed by atoms with Crippen molar-refractivity contribution in [1.29, 1.82) is 5.26 Å². The van der Waals surface area contributed by atoms with Crippen LogP contribution in [0.5, 0.6) is 0 Å². The molecule has 0 aliphatic heterocycles. The number of halogens is 2. The first-order chi connectivity index (χ1) is 10.9. The van der Waals surface area contributed by atoms with Crippen LogP contribution in [0.3, 0.4) is 0 Å². The van der Waals surface area contributed by atoms with Crippen LogP contribution < -0.4 is 0 Å². The third-order valence-electron chi connectivity index (χ3n) is 4.41. The van der Waals surface area contributed by atoms with Crippen LogP contribution in [0.15, 0.2) is 23.1 Å². The van der Waals surface area contributed by atoms with Gasteiger partial charge in [-0.15, -0.1) is 11.8 Å². The van der Waals surface area contributed by atoms with Crippen molar-refractivity contribution >= 4 is 17.7 Å². The van der Waals surface area contributed by atoms with Gasteiger partial charge in [0.25, 0.3) is 0 Å². The second-order valence-electron chi connectivity index (χ2n) is 5.94. The van der Waals surface area contributed by atoms with E-state index in [1.165, 1.54) is 17.8 Å². The monoisotopic (exact) mass is 338 g/mol. The lowest BCUT2D eigenvalue weighted by Crippen LogP contribution is -2.52. The predicted molar refractivity (Wildman–Crippen MR) is 85.9 cm³/mol. The van der Waals surface area contributed by atoms with Crippen molar-refractivity contribution in [2.45, 2.75) is 54.7 Å². The number of benzene rings is 1. The van der Waals surface area contributed by atoms with Crippen LogP contribution in [0.2, 0.25) is 0 Å². The molecule has 0 bridgehead atoms. The van der Waals surface area contributed by atoms with E-state index in [2.05, 4.69) is 6.07 Å². The first-order valence-corrected chi connectivity index (χ1v) is 8.58. The lowest BCUT2D eigenvalue weighted by Gasteiger charge is -2.40. The molecule has 1 aliphatic rings. The number of amides is 1. The Hall–Kier alpha value is -1.61. The Morgan fingerprint density at radius 1 is 1.30 bits per heavy atom. The molecule has 0 aromatic heterocycles. The van der Waals surface area contributed by atoms with Gasteiger partial charge in [-0.05, 0) is 38.0 Å². The third kappa shape index (κ3) is 3.84. The summed E-state index contributed by atoms with van der Waals surface area (Å²) < 4.78 is 26.2. The molecule has 0 radical (unpaired) electrons. The molecular formula is C17H20F2N2OS. The molecule has 0 unspecified atom stereocenters. The largest absolute Gasteiger partial charge is 0.326 e. The Kier molecular flexibility index (Phi) is 5.64. The van der Waals surface area contributed by atoms with Crippen LogP contribution in [0.25, 0.3) is 0 Å². The fraction of sp³-hybridized carbons (Fsp3) is 0.529. The van der Waals surface area contributed by atoms with Gasteiger partial charge in [0.05, 0.1) is 11.3 Å². The van der Waals surface area contributed by atoms with Crippen LogP contribution in [0, 0.1) is 23.0 Å². The van der Waals surface area contributed by atoms with Crippen molar-refractivity contribution in [3.8, 4) is 6.07 Å². The zero-order valence-corrected chi connectivity index (χ0v) is 14.1. The van der Waals surface area contributed by atoms with E-state index in [-0.39, 0.29) is 5.91 Å². The summed E-state index contributed by atoms with van der Waals surface area (Å²) in [6, 6.07) is 5.91. The number of nitriles is 1. The van der Waals surface area contributed by atoms with Gasteiger partial charge >= 0.3 is 0 Å². The maximum atomic E-state index is 13.3. The molecule has 3 nitrogen and oxygen atoms in total. The van der Waals surface area contributed by atoms with E-state index in [4.69, 9.17) is 0 Å². The maximum absolute atomic E-state index is 13.3. The summed E-state index contributed by atoms with van der Waals surface area (Å²) in [7, 11) is 1.67. The van der Waals surface area contributed by atoms with Gasteiger partial charge < -0.3 is 4.90 Å². The number of thioether (sulfide) groups is 1. The van der Waals surface area contributed by atoms with E-state index in [1.807, 2.05) is 0 Å². The molecule has 1 saturated carbocycles. The van der Waals surface area contributed by atoms with E-state index >= 15 is 0 Å². The van der Waals surface area contributed by atoms with Crippen molar-refractivity contribution in [3.63, 3.8) is 0 Å². The zero-order chi connectivity index (χ0) is 17.0. The minimum Gasteiger partial charge on any atom is -0.326 e. The second kappa shape index (κ2) is 7.31. The standard InChI is InChI=1S/C17H20F2N2OS/c1-12(23-13-6-7-14(18)15(19)10-13)16(22)21(2)17(11-20)8-4-3-5-9-17/h6-7,10,12H,3-5,8-9H2,1-2H3/t12-/m0/s1. The number of rotatable bonds is 4. The molecule has 6 heteroatoms. The summed E-state index contributed by atoms with van der Waals surface area (Å²) in [5.74, 6) is -2.00. The molecule has 1 atom stereocenters. The Labute approximate surface area is 139 Å². The average Bonchev–Trinajstić information content (AvgIpc) is 2.57. The van der Waals surface area contributed by atoms with Gasteiger partial charge in [-0.25, -0.2) is 8.78 Å². The first kappa shape index (κ1) is 17.7. The van der Waals surface area contributed by atoms with Gasteiger partial charge in [0.15, 0.2) is 11.6 Å². The predicted octanol–water partition coefficient (Wildman–Crippen LogP) is 4.13. The van der Waals surface area contributed by atoms with Crippen LogP contribution in [-0.2, 0) is 4.79 Å². The zero-order valence-electron chi connectivity index (χ0n) is 13.3. The molecule has 1 aromatic carbocycles. The molecule has 0 N–H and O–H groups in total. The minimum atomic E-state index is -0.927. The third-order valence-corrected chi connectivity index (χ3v) is 5.49.